The summed E-state index contributed by atoms with van der Waals surface area (Å²) in [6, 6.07) is 1.79. The molecule has 0 radical (unpaired) electrons. The van der Waals surface area contributed by atoms with Crippen LogP contribution in [-0.2, 0) is 9.53 Å². The smallest absolute Gasteiger partial charge is 0.302 e. The zero-order valence-corrected chi connectivity index (χ0v) is 10.9. The fourth-order valence-electron chi connectivity index (χ4n) is 1.45. The van der Waals surface area contributed by atoms with Crippen molar-refractivity contribution >= 4 is 32.8 Å². The first kappa shape index (κ1) is 12.6. The highest BCUT2D eigenvalue weighted by Gasteiger charge is 2.08. The lowest BCUT2D eigenvalue weighted by Crippen LogP contribution is -2.10. The molecular weight excluding hydrogens is 254 g/mol. The molecule has 2 heterocycles. The van der Waals surface area contributed by atoms with Gasteiger partial charge in [0.2, 0.25) is 5.88 Å². The van der Waals surface area contributed by atoms with E-state index in [1.165, 1.54) is 18.3 Å². The van der Waals surface area contributed by atoms with Crippen LogP contribution >= 0.6 is 11.3 Å². The molecule has 96 valence electrons. The molecule has 0 unspecified atom stereocenters. The Labute approximate surface area is 108 Å². The lowest BCUT2D eigenvalue weighted by Gasteiger charge is -2.06. The SMILES string of the molecule is CC(=O)OCCOc1cc(C)c2nc(N)sc2n1. The van der Waals surface area contributed by atoms with Gasteiger partial charge in [0.1, 0.15) is 23.6 Å². The largest absolute Gasteiger partial charge is 0.474 e. The number of hydrogen-bond donors (Lipinski definition) is 1. The highest BCUT2D eigenvalue weighted by atomic mass is 32.1. The third kappa shape index (κ3) is 2.86. The van der Waals surface area contributed by atoms with Crippen LogP contribution < -0.4 is 10.5 Å². The molecule has 0 spiro atoms. The lowest BCUT2D eigenvalue weighted by molar-refractivity contribution is -0.141. The van der Waals surface area contributed by atoms with E-state index in [2.05, 4.69) is 9.97 Å². The maximum atomic E-state index is 10.6. The number of thiazole rings is 1. The van der Waals surface area contributed by atoms with Crippen molar-refractivity contribution in [2.75, 3.05) is 18.9 Å². The van der Waals surface area contributed by atoms with Crippen molar-refractivity contribution in [1.29, 1.82) is 0 Å². The fourth-order valence-corrected chi connectivity index (χ4v) is 2.23. The van der Waals surface area contributed by atoms with E-state index in [0.29, 0.717) is 11.0 Å². The van der Waals surface area contributed by atoms with Crippen LogP contribution in [0, 0.1) is 6.92 Å². The second-order valence-corrected chi connectivity index (χ2v) is 4.68. The predicted molar refractivity (Wildman–Crippen MR) is 68.7 cm³/mol. The first-order chi connectivity index (χ1) is 8.56. The molecule has 0 saturated heterocycles. The number of carbonyl (C=O) groups is 1. The number of anilines is 1. The van der Waals surface area contributed by atoms with Crippen molar-refractivity contribution in [3.8, 4) is 5.88 Å². The van der Waals surface area contributed by atoms with E-state index in [4.69, 9.17) is 15.2 Å². The van der Waals surface area contributed by atoms with Crippen LogP contribution in [0.4, 0.5) is 5.13 Å². The average molecular weight is 267 g/mol. The molecule has 2 aromatic heterocycles. The van der Waals surface area contributed by atoms with Crippen molar-refractivity contribution in [3.05, 3.63) is 11.6 Å². The molecule has 18 heavy (non-hydrogen) atoms. The van der Waals surface area contributed by atoms with Gasteiger partial charge < -0.3 is 15.2 Å². The topological polar surface area (TPSA) is 87.3 Å². The van der Waals surface area contributed by atoms with Gasteiger partial charge in [0.15, 0.2) is 5.13 Å². The molecule has 0 amide bonds. The fraction of sp³-hybridized carbons (Fsp3) is 0.364. The normalized spacial score (nSPS) is 10.6. The number of carbonyl (C=O) groups excluding carboxylic acids is 1. The summed E-state index contributed by atoms with van der Waals surface area (Å²) in [7, 11) is 0. The molecule has 6 nitrogen and oxygen atoms in total. The Hall–Kier alpha value is -1.89. The minimum atomic E-state index is -0.326. The summed E-state index contributed by atoms with van der Waals surface area (Å²) in [6.45, 7) is 3.75. The number of nitrogen functional groups attached to an aromatic ring is 1. The van der Waals surface area contributed by atoms with Crippen LogP contribution in [0.2, 0.25) is 0 Å². The van der Waals surface area contributed by atoms with E-state index in [1.807, 2.05) is 6.92 Å². The van der Waals surface area contributed by atoms with E-state index in [1.54, 1.807) is 6.07 Å². The van der Waals surface area contributed by atoms with Crippen LogP contribution in [0.25, 0.3) is 10.3 Å². The second kappa shape index (κ2) is 5.18. The molecule has 2 aromatic rings. The van der Waals surface area contributed by atoms with Crippen molar-refractivity contribution < 1.29 is 14.3 Å². The number of pyridine rings is 1. The van der Waals surface area contributed by atoms with E-state index >= 15 is 0 Å². The Morgan fingerprint density at radius 1 is 1.44 bits per heavy atom. The number of hydrogen-bond acceptors (Lipinski definition) is 7. The van der Waals surface area contributed by atoms with Gasteiger partial charge in [-0.1, -0.05) is 11.3 Å². The lowest BCUT2D eigenvalue weighted by atomic mass is 10.3. The van der Waals surface area contributed by atoms with Crippen LogP contribution in [0.3, 0.4) is 0 Å². The predicted octanol–water partition coefficient (Wildman–Crippen LogP) is 1.52. The summed E-state index contributed by atoms with van der Waals surface area (Å²) in [5.41, 5.74) is 7.38. The van der Waals surface area contributed by atoms with Gasteiger partial charge in [-0.05, 0) is 12.5 Å². The molecule has 0 atom stereocenters. The number of aryl methyl sites for hydroxylation is 1. The number of esters is 1. The molecule has 0 aliphatic carbocycles. The average Bonchev–Trinajstić information content (AvgIpc) is 2.65. The molecule has 0 bridgehead atoms. The summed E-state index contributed by atoms with van der Waals surface area (Å²) in [6.07, 6.45) is 0. The third-order valence-corrected chi connectivity index (χ3v) is 2.97. The van der Waals surface area contributed by atoms with Gasteiger partial charge in [0.05, 0.1) is 0 Å². The molecule has 7 heteroatoms. The molecule has 2 N–H and O–H groups in total. The third-order valence-electron chi connectivity index (χ3n) is 2.19. The molecule has 0 saturated carbocycles. The Bertz CT molecular complexity index is 582. The number of nitrogens with zero attached hydrogens (tertiary/aromatic N) is 2. The number of rotatable bonds is 4. The summed E-state index contributed by atoms with van der Waals surface area (Å²) < 4.78 is 10.2. The van der Waals surface area contributed by atoms with Gasteiger partial charge in [-0.25, -0.2) is 9.97 Å². The number of nitrogens with two attached hydrogens (primary N) is 1. The molecule has 2 rings (SSSR count). The maximum absolute atomic E-state index is 10.6. The standard InChI is InChI=1S/C11H13N3O3S/c1-6-5-8(17-4-3-16-7(2)15)13-10-9(6)14-11(12)18-10/h5H,3-4H2,1-2H3,(H2,12,14). The zero-order chi connectivity index (χ0) is 13.1. The first-order valence-electron chi connectivity index (χ1n) is 5.36. The van der Waals surface area contributed by atoms with Crippen LogP contribution in [0.15, 0.2) is 6.07 Å². The molecule has 0 fully saturated rings. The summed E-state index contributed by atoms with van der Waals surface area (Å²) >= 11 is 1.31. The summed E-state index contributed by atoms with van der Waals surface area (Å²) in [5, 5.41) is 0.484. The van der Waals surface area contributed by atoms with Crippen LogP contribution in [0.1, 0.15) is 12.5 Å². The van der Waals surface area contributed by atoms with E-state index < -0.39 is 0 Å². The maximum Gasteiger partial charge on any atom is 0.302 e. The van der Waals surface area contributed by atoms with Crippen molar-refractivity contribution in [2.45, 2.75) is 13.8 Å². The minimum Gasteiger partial charge on any atom is -0.474 e. The van der Waals surface area contributed by atoms with Crippen molar-refractivity contribution in [2.24, 2.45) is 0 Å². The Balaban J connectivity index is 2.07. The molecular formula is C11H13N3O3S. The highest BCUT2D eigenvalue weighted by Crippen LogP contribution is 2.27. The summed E-state index contributed by atoms with van der Waals surface area (Å²) in [5.74, 6) is 0.157. The van der Waals surface area contributed by atoms with Gasteiger partial charge in [0, 0.05) is 13.0 Å². The molecule has 0 aromatic carbocycles. The highest BCUT2D eigenvalue weighted by molar-refractivity contribution is 7.21. The first-order valence-corrected chi connectivity index (χ1v) is 6.17. The second-order valence-electron chi connectivity index (χ2n) is 3.67. The quantitative estimate of drug-likeness (QED) is 0.667. The number of aromatic nitrogens is 2. The van der Waals surface area contributed by atoms with E-state index in [0.717, 1.165) is 15.9 Å². The van der Waals surface area contributed by atoms with E-state index in [-0.39, 0.29) is 19.2 Å². The van der Waals surface area contributed by atoms with Gasteiger partial charge in [-0.2, -0.15) is 0 Å². The van der Waals surface area contributed by atoms with Crippen LogP contribution in [0.5, 0.6) is 5.88 Å². The summed E-state index contributed by atoms with van der Waals surface area (Å²) in [4.78, 5) is 19.8. The minimum absolute atomic E-state index is 0.207. The zero-order valence-electron chi connectivity index (χ0n) is 10.1. The van der Waals surface area contributed by atoms with Gasteiger partial charge in [-0.15, -0.1) is 0 Å². The van der Waals surface area contributed by atoms with Crippen molar-refractivity contribution in [1.82, 2.24) is 9.97 Å². The Kier molecular flexibility index (Phi) is 3.61. The van der Waals surface area contributed by atoms with E-state index in [9.17, 15) is 4.79 Å². The van der Waals surface area contributed by atoms with Gasteiger partial charge >= 0.3 is 5.97 Å². The Morgan fingerprint density at radius 2 is 2.22 bits per heavy atom. The van der Waals surface area contributed by atoms with Crippen molar-refractivity contribution in [3.63, 3.8) is 0 Å². The molecule has 0 aliphatic heterocycles. The number of ether oxygens (including phenoxy) is 2. The molecule has 0 aliphatic rings. The van der Waals surface area contributed by atoms with Gasteiger partial charge in [0.25, 0.3) is 0 Å². The monoisotopic (exact) mass is 267 g/mol. The van der Waals surface area contributed by atoms with Gasteiger partial charge in [-0.3, -0.25) is 4.79 Å². The van der Waals surface area contributed by atoms with Crippen LogP contribution in [-0.4, -0.2) is 29.2 Å². The number of fused-ring (bicyclic) bond motifs is 1. The Morgan fingerprint density at radius 3 is 2.94 bits per heavy atom.